The first-order valence-electron chi connectivity index (χ1n) is 14.5. The van der Waals surface area contributed by atoms with Gasteiger partial charge in [0.1, 0.15) is 5.69 Å². The lowest BCUT2D eigenvalue weighted by Gasteiger charge is -2.41. The van der Waals surface area contributed by atoms with E-state index in [-0.39, 0.29) is 17.7 Å². The predicted molar refractivity (Wildman–Crippen MR) is 166 cm³/mol. The van der Waals surface area contributed by atoms with E-state index in [0.717, 1.165) is 63.1 Å². The number of ether oxygens (including phenoxy) is 1. The normalized spacial score (nSPS) is 15.7. The van der Waals surface area contributed by atoms with Crippen LogP contribution in [-0.2, 0) is 4.74 Å². The molecule has 2 saturated heterocycles. The van der Waals surface area contributed by atoms with Crippen LogP contribution in [-0.4, -0.2) is 66.1 Å². The SMILES string of the molecule is Cc1cccc(C)c1NC(=O)c1cc2c([nH]c3ccccc32)c(C2CN(c3ccc(C(=O)N4CCOCC4)cc3)C2)n1. The summed E-state index contributed by atoms with van der Waals surface area (Å²) in [6, 6.07) is 23.9. The van der Waals surface area contributed by atoms with Crippen LogP contribution in [0.5, 0.6) is 0 Å². The Morgan fingerprint density at radius 2 is 1.62 bits per heavy atom. The van der Waals surface area contributed by atoms with Crippen LogP contribution in [0, 0.1) is 13.8 Å². The number of carbonyl (C=O) groups excluding carboxylic acids is 2. The number of para-hydroxylation sites is 2. The van der Waals surface area contributed by atoms with Gasteiger partial charge in [0.15, 0.2) is 0 Å². The van der Waals surface area contributed by atoms with Gasteiger partial charge in [0.05, 0.1) is 24.4 Å². The Morgan fingerprint density at radius 3 is 2.36 bits per heavy atom. The zero-order valence-corrected chi connectivity index (χ0v) is 23.8. The molecular weight excluding hydrogens is 526 g/mol. The third-order valence-electron chi connectivity index (χ3n) is 8.52. The number of aromatic nitrogens is 2. The average molecular weight is 560 g/mol. The largest absolute Gasteiger partial charge is 0.378 e. The molecule has 212 valence electrons. The van der Waals surface area contributed by atoms with Gasteiger partial charge in [0.2, 0.25) is 0 Å². The van der Waals surface area contributed by atoms with E-state index < -0.39 is 0 Å². The number of rotatable bonds is 5. The Kier molecular flexibility index (Phi) is 6.63. The molecule has 0 unspecified atom stereocenters. The Bertz CT molecular complexity index is 1790. The molecule has 0 aliphatic carbocycles. The molecule has 5 aromatic rings. The number of aromatic amines is 1. The highest BCUT2D eigenvalue weighted by Gasteiger charge is 2.33. The maximum atomic E-state index is 13.6. The lowest BCUT2D eigenvalue weighted by Crippen LogP contribution is -2.45. The van der Waals surface area contributed by atoms with Crippen molar-refractivity contribution in [3.63, 3.8) is 0 Å². The van der Waals surface area contributed by atoms with E-state index >= 15 is 0 Å². The standard InChI is InChI=1S/C34H33N5O3/c1-21-6-5-7-22(2)30(21)37-33(40)29-18-27-26-8-3-4-9-28(26)35-32(27)31(36-29)24-19-39(20-24)25-12-10-23(11-13-25)34(41)38-14-16-42-17-15-38/h3-13,18,24,35H,14-17,19-20H2,1-2H3,(H,37,40). The van der Waals surface area contributed by atoms with Gasteiger partial charge in [0, 0.05) is 65.3 Å². The molecule has 2 amide bonds. The van der Waals surface area contributed by atoms with E-state index in [0.29, 0.717) is 37.6 Å². The molecule has 2 aliphatic heterocycles. The minimum atomic E-state index is -0.211. The van der Waals surface area contributed by atoms with Gasteiger partial charge in [-0.25, -0.2) is 4.98 Å². The fourth-order valence-electron chi connectivity index (χ4n) is 6.10. The fraction of sp³-hybridized carbons (Fsp3) is 0.265. The number of aryl methyl sites for hydroxylation is 2. The third kappa shape index (κ3) is 4.67. The van der Waals surface area contributed by atoms with Gasteiger partial charge >= 0.3 is 0 Å². The van der Waals surface area contributed by atoms with Gasteiger partial charge in [-0.2, -0.15) is 0 Å². The summed E-state index contributed by atoms with van der Waals surface area (Å²) in [4.78, 5) is 39.1. The predicted octanol–water partition coefficient (Wildman–Crippen LogP) is 5.66. The van der Waals surface area contributed by atoms with Crippen molar-refractivity contribution in [2.75, 3.05) is 49.6 Å². The molecule has 2 N–H and O–H groups in total. The van der Waals surface area contributed by atoms with Crippen molar-refractivity contribution in [2.45, 2.75) is 19.8 Å². The second kappa shape index (κ2) is 10.6. The molecule has 8 heteroatoms. The zero-order valence-electron chi connectivity index (χ0n) is 23.8. The van der Waals surface area contributed by atoms with Gasteiger partial charge in [-0.15, -0.1) is 0 Å². The monoisotopic (exact) mass is 559 g/mol. The van der Waals surface area contributed by atoms with Crippen LogP contribution in [0.4, 0.5) is 11.4 Å². The number of fused-ring (bicyclic) bond motifs is 3. The van der Waals surface area contributed by atoms with E-state index in [9.17, 15) is 9.59 Å². The number of benzene rings is 3. The van der Waals surface area contributed by atoms with Crippen molar-refractivity contribution in [1.82, 2.24) is 14.9 Å². The average Bonchev–Trinajstić information content (AvgIpc) is 3.37. The highest BCUT2D eigenvalue weighted by atomic mass is 16.5. The van der Waals surface area contributed by atoms with Crippen molar-refractivity contribution < 1.29 is 14.3 Å². The number of morpholine rings is 1. The number of nitrogens with zero attached hydrogens (tertiary/aromatic N) is 3. The third-order valence-corrected chi connectivity index (χ3v) is 8.52. The van der Waals surface area contributed by atoms with Crippen LogP contribution < -0.4 is 10.2 Å². The fourth-order valence-corrected chi connectivity index (χ4v) is 6.10. The number of carbonyl (C=O) groups is 2. The summed E-state index contributed by atoms with van der Waals surface area (Å²) in [6.07, 6.45) is 0. The molecule has 0 radical (unpaired) electrons. The first-order chi connectivity index (χ1) is 20.5. The topological polar surface area (TPSA) is 90.6 Å². The summed E-state index contributed by atoms with van der Waals surface area (Å²) in [7, 11) is 0. The minimum absolute atomic E-state index is 0.0488. The zero-order chi connectivity index (χ0) is 28.8. The highest BCUT2D eigenvalue weighted by molar-refractivity contribution is 6.12. The van der Waals surface area contributed by atoms with Gasteiger partial charge in [-0.1, -0.05) is 36.4 Å². The summed E-state index contributed by atoms with van der Waals surface area (Å²) < 4.78 is 5.38. The van der Waals surface area contributed by atoms with E-state index in [1.807, 2.05) is 79.4 Å². The van der Waals surface area contributed by atoms with Gasteiger partial charge in [-0.05, 0) is 61.4 Å². The van der Waals surface area contributed by atoms with E-state index in [1.165, 1.54) is 0 Å². The molecule has 0 spiro atoms. The van der Waals surface area contributed by atoms with Crippen LogP contribution in [0.1, 0.15) is 43.6 Å². The van der Waals surface area contributed by atoms with E-state index in [1.54, 1.807) is 0 Å². The Morgan fingerprint density at radius 1 is 0.905 bits per heavy atom. The molecule has 7 rings (SSSR count). The molecule has 42 heavy (non-hydrogen) atoms. The van der Waals surface area contributed by atoms with Gasteiger partial charge in [-0.3, -0.25) is 9.59 Å². The van der Waals surface area contributed by atoms with E-state index in [2.05, 4.69) is 27.3 Å². The first kappa shape index (κ1) is 26.2. The number of hydrogen-bond donors (Lipinski definition) is 2. The number of hydrogen-bond acceptors (Lipinski definition) is 5. The Hall–Kier alpha value is -4.69. The van der Waals surface area contributed by atoms with Crippen molar-refractivity contribution >= 4 is 45.0 Å². The summed E-state index contributed by atoms with van der Waals surface area (Å²) in [5.74, 6) is -0.00609. The molecule has 3 aromatic carbocycles. The molecule has 2 aromatic heterocycles. The number of H-pyrrole nitrogens is 1. The Balaban J connectivity index is 1.16. The van der Waals surface area contributed by atoms with Crippen molar-refractivity contribution in [2.24, 2.45) is 0 Å². The van der Waals surface area contributed by atoms with Crippen molar-refractivity contribution in [3.8, 4) is 0 Å². The second-order valence-corrected chi connectivity index (χ2v) is 11.3. The Labute approximate surface area is 244 Å². The lowest BCUT2D eigenvalue weighted by atomic mass is 9.93. The molecule has 0 saturated carbocycles. The minimum Gasteiger partial charge on any atom is -0.378 e. The smallest absolute Gasteiger partial charge is 0.274 e. The van der Waals surface area contributed by atoms with Gasteiger partial charge in [0.25, 0.3) is 11.8 Å². The summed E-state index contributed by atoms with van der Waals surface area (Å²) in [5, 5.41) is 5.20. The lowest BCUT2D eigenvalue weighted by molar-refractivity contribution is 0.0303. The maximum absolute atomic E-state index is 13.6. The highest BCUT2D eigenvalue weighted by Crippen LogP contribution is 2.37. The van der Waals surface area contributed by atoms with Crippen molar-refractivity contribution in [3.05, 3.63) is 101 Å². The molecule has 2 aliphatic rings. The second-order valence-electron chi connectivity index (χ2n) is 11.3. The summed E-state index contributed by atoms with van der Waals surface area (Å²) in [5.41, 5.74) is 7.96. The van der Waals surface area contributed by atoms with Crippen LogP contribution >= 0.6 is 0 Å². The molecule has 2 fully saturated rings. The number of anilines is 2. The molecule has 0 atom stereocenters. The number of pyridine rings is 1. The molecular formula is C34H33N5O3. The summed E-state index contributed by atoms with van der Waals surface area (Å²) in [6.45, 7) is 7.98. The van der Waals surface area contributed by atoms with Crippen LogP contribution in [0.3, 0.4) is 0 Å². The van der Waals surface area contributed by atoms with Crippen LogP contribution in [0.2, 0.25) is 0 Å². The van der Waals surface area contributed by atoms with Crippen LogP contribution in [0.15, 0.2) is 72.8 Å². The number of amides is 2. The quantitative estimate of drug-likeness (QED) is 0.290. The van der Waals surface area contributed by atoms with Crippen molar-refractivity contribution in [1.29, 1.82) is 0 Å². The molecule has 8 nitrogen and oxygen atoms in total. The first-order valence-corrected chi connectivity index (χ1v) is 14.5. The van der Waals surface area contributed by atoms with Gasteiger partial charge < -0.3 is 24.8 Å². The summed E-state index contributed by atoms with van der Waals surface area (Å²) >= 11 is 0. The maximum Gasteiger partial charge on any atom is 0.274 e. The van der Waals surface area contributed by atoms with E-state index in [4.69, 9.17) is 9.72 Å². The molecule has 4 heterocycles. The van der Waals surface area contributed by atoms with Crippen LogP contribution in [0.25, 0.3) is 21.8 Å². The number of nitrogens with one attached hydrogen (secondary N) is 2. The molecule has 0 bridgehead atoms.